The van der Waals surface area contributed by atoms with E-state index in [4.69, 9.17) is 4.74 Å². The first-order chi connectivity index (χ1) is 11.4. The smallest absolute Gasteiger partial charge is 0.0728 e. The molecule has 23 heavy (non-hydrogen) atoms. The minimum Gasteiger partial charge on any atom is -0.372 e. The Hall–Kier alpha value is -2.58. The summed E-state index contributed by atoms with van der Waals surface area (Å²) in [4.78, 5) is 2.36. The molecule has 0 amide bonds. The predicted molar refractivity (Wildman–Crippen MR) is 93.7 cm³/mol. The average Bonchev–Trinajstić information content (AvgIpc) is 3.11. The lowest BCUT2D eigenvalue weighted by molar-refractivity contribution is 0.134. The molecule has 3 aromatic carbocycles. The van der Waals surface area contributed by atoms with Crippen LogP contribution in [0.5, 0.6) is 0 Å². The summed E-state index contributed by atoms with van der Waals surface area (Å²) in [7, 11) is 0. The lowest BCUT2D eigenvalue weighted by Gasteiger charge is -2.26. The van der Waals surface area contributed by atoms with Crippen LogP contribution in [-0.2, 0) is 24.5 Å². The molecule has 0 bridgehead atoms. The molecule has 0 N–H and O–H groups in total. The standard InChI is InChI=1S/C21H19NO/c1-3-10-19(11-4-1)22(20-12-5-2-6-13-20)14-17-8-7-9-18-15-23-16-21(17)18/h1-13H,14-16H2. The van der Waals surface area contributed by atoms with E-state index in [1.54, 1.807) is 0 Å². The van der Waals surface area contributed by atoms with Crippen LogP contribution >= 0.6 is 0 Å². The van der Waals surface area contributed by atoms with Crippen LogP contribution in [0, 0.1) is 0 Å². The lowest BCUT2D eigenvalue weighted by atomic mass is 10.0. The van der Waals surface area contributed by atoms with E-state index < -0.39 is 0 Å². The van der Waals surface area contributed by atoms with Gasteiger partial charge in [0.25, 0.3) is 0 Å². The molecule has 3 aromatic rings. The summed E-state index contributed by atoms with van der Waals surface area (Å²) in [6.45, 7) is 2.31. The van der Waals surface area contributed by atoms with Gasteiger partial charge in [-0.25, -0.2) is 0 Å². The first-order valence-electron chi connectivity index (χ1n) is 7.97. The van der Waals surface area contributed by atoms with Crippen molar-refractivity contribution in [2.75, 3.05) is 4.90 Å². The van der Waals surface area contributed by atoms with E-state index in [9.17, 15) is 0 Å². The Morgan fingerprint density at radius 2 is 1.35 bits per heavy atom. The minimum atomic E-state index is 0.725. The molecule has 0 saturated carbocycles. The van der Waals surface area contributed by atoms with Crippen LogP contribution in [0.2, 0.25) is 0 Å². The Bertz CT molecular complexity index is 744. The van der Waals surface area contributed by atoms with Crippen molar-refractivity contribution in [1.29, 1.82) is 0 Å². The van der Waals surface area contributed by atoms with Crippen molar-refractivity contribution in [2.24, 2.45) is 0 Å². The van der Waals surface area contributed by atoms with E-state index in [0.29, 0.717) is 0 Å². The number of rotatable bonds is 4. The molecule has 0 aromatic heterocycles. The molecule has 1 heterocycles. The third-order valence-corrected chi connectivity index (χ3v) is 4.34. The number of nitrogens with zero attached hydrogens (tertiary/aromatic N) is 1. The maximum atomic E-state index is 5.63. The summed E-state index contributed by atoms with van der Waals surface area (Å²) < 4.78 is 5.63. The molecule has 1 aliphatic heterocycles. The maximum Gasteiger partial charge on any atom is 0.0728 e. The van der Waals surface area contributed by atoms with Gasteiger partial charge in [-0.2, -0.15) is 0 Å². The summed E-state index contributed by atoms with van der Waals surface area (Å²) in [6.07, 6.45) is 0. The second-order valence-corrected chi connectivity index (χ2v) is 5.80. The third kappa shape index (κ3) is 2.86. The second-order valence-electron chi connectivity index (χ2n) is 5.80. The van der Waals surface area contributed by atoms with E-state index in [-0.39, 0.29) is 0 Å². The van der Waals surface area contributed by atoms with Crippen LogP contribution < -0.4 is 4.90 Å². The third-order valence-electron chi connectivity index (χ3n) is 4.34. The molecule has 4 rings (SSSR count). The van der Waals surface area contributed by atoms with Crippen LogP contribution in [0.25, 0.3) is 0 Å². The van der Waals surface area contributed by atoms with E-state index >= 15 is 0 Å². The van der Waals surface area contributed by atoms with Gasteiger partial charge in [0, 0.05) is 17.9 Å². The summed E-state index contributed by atoms with van der Waals surface area (Å²) in [6, 6.07) is 27.6. The van der Waals surface area contributed by atoms with Gasteiger partial charge in [0.05, 0.1) is 13.2 Å². The van der Waals surface area contributed by atoms with Gasteiger partial charge < -0.3 is 9.64 Å². The molecule has 2 heteroatoms. The quantitative estimate of drug-likeness (QED) is 0.668. The summed E-state index contributed by atoms with van der Waals surface area (Å²) in [5, 5.41) is 0. The molecule has 0 fully saturated rings. The van der Waals surface area contributed by atoms with Crippen molar-refractivity contribution >= 4 is 11.4 Å². The van der Waals surface area contributed by atoms with Crippen LogP contribution in [0.4, 0.5) is 11.4 Å². The van der Waals surface area contributed by atoms with Gasteiger partial charge in [0.2, 0.25) is 0 Å². The monoisotopic (exact) mass is 301 g/mol. The summed E-state index contributed by atoms with van der Waals surface area (Å²) in [5.74, 6) is 0. The molecule has 2 nitrogen and oxygen atoms in total. The Kier molecular flexibility index (Phi) is 3.83. The Morgan fingerprint density at radius 3 is 2.00 bits per heavy atom. The molecule has 0 spiro atoms. The SMILES string of the molecule is c1ccc(N(Cc2cccc3c2COC3)c2ccccc2)cc1. The molecule has 0 saturated heterocycles. The fourth-order valence-corrected chi connectivity index (χ4v) is 3.14. The topological polar surface area (TPSA) is 12.5 Å². The second kappa shape index (κ2) is 6.27. The molecule has 0 radical (unpaired) electrons. The summed E-state index contributed by atoms with van der Waals surface area (Å²) >= 11 is 0. The van der Waals surface area contributed by atoms with Gasteiger partial charge in [-0.3, -0.25) is 0 Å². The average molecular weight is 301 g/mol. The fraction of sp³-hybridized carbons (Fsp3) is 0.143. The van der Waals surface area contributed by atoms with E-state index in [2.05, 4.69) is 83.8 Å². The van der Waals surface area contributed by atoms with Gasteiger partial charge in [0.1, 0.15) is 0 Å². The molecular weight excluding hydrogens is 282 g/mol. The summed E-state index contributed by atoms with van der Waals surface area (Å²) in [5.41, 5.74) is 6.42. The van der Waals surface area contributed by atoms with Gasteiger partial charge in [-0.1, -0.05) is 54.6 Å². The number of hydrogen-bond donors (Lipinski definition) is 0. The zero-order valence-corrected chi connectivity index (χ0v) is 13.0. The first-order valence-corrected chi connectivity index (χ1v) is 7.97. The molecular formula is C21H19NO. The number of fused-ring (bicyclic) bond motifs is 1. The zero-order chi connectivity index (χ0) is 15.5. The molecule has 0 unspecified atom stereocenters. The van der Waals surface area contributed by atoms with Crippen LogP contribution in [-0.4, -0.2) is 0 Å². The molecule has 1 aliphatic rings. The van der Waals surface area contributed by atoms with E-state index in [1.807, 2.05) is 0 Å². The highest BCUT2D eigenvalue weighted by atomic mass is 16.5. The zero-order valence-electron chi connectivity index (χ0n) is 13.0. The van der Waals surface area contributed by atoms with Gasteiger partial charge in [-0.05, 0) is 41.0 Å². The molecule has 114 valence electrons. The van der Waals surface area contributed by atoms with Crippen molar-refractivity contribution in [1.82, 2.24) is 0 Å². The fourth-order valence-electron chi connectivity index (χ4n) is 3.14. The predicted octanol–water partition coefficient (Wildman–Crippen LogP) is 5.06. The van der Waals surface area contributed by atoms with Crippen molar-refractivity contribution in [3.8, 4) is 0 Å². The number of benzene rings is 3. The van der Waals surface area contributed by atoms with Crippen molar-refractivity contribution in [3.05, 3.63) is 95.6 Å². The number of ether oxygens (including phenoxy) is 1. The highest BCUT2D eigenvalue weighted by Crippen LogP contribution is 2.30. The van der Waals surface area contributed by atoms with Gasteiger partial charge in [-0.15, -0.1) is 0 Å². The van der Waals surface area contributed by atoms with Crippen LogP contribution in [0.3, 0.4) is 0 Å². The number of anilines is 2. The lowest BCUT2D eigenvalue weighted by Crippen LogP contribution is -2.17. The normalized spacial score (nSPS) is 12.9. The molecule has 0 atom stereocenters. The Morgan fingerprint density at radius 1 is 0.696 bits per heavy atom. The largest absolute Gasteiger partial charge is 0.372 e. The molecule has 0 aliphatic carbocycles. The van der Waals surface area contributed by atoms with E-state index in [0.717, 1.165) is 19.8 Å². The maximum absolute atomic E-state index is 5.63. The van der Waals surface area contributed by atoms with Crippen molar-refractivity contribution in [3.63, 3.8) is 0 Å². The van der Waals surface area contributed by atoms with Crippen LogP contribution in [0.1, 0.15) is 16.7 Å². The van der Waals surface area contributed by atoms with Crippen LogP contribution in [0.15, 0.2) is 78.9 Å². The first kappa shape index (κ1) is 14.0. The minimum absolute atomic E-state index is 0.725. The van der Waals surface area contributed by atoms with Gasteiger partial charge >= 0.3 is 0 Å². The Labute approximate surface area is 137 Å². The number of hydrogen-bond acceptors (Lipinski definition) is 2. The highest BCUT2D eigenvalue weighted by molar-refractivity contribution is 5.63. The number of para-hydroxylation sites is 2. The highest BCUT2D eigenvalue weighted by Gasteiger charge is 2.17. The van der Waals surface area contributed by atoms with Crippen molar-refractivity contribution < 1.29 is 4.74 Å². The van der Waals surface area contributed by atoms with Crippen molar-refractivity contribution in [2.45, 2.75) is 19.8 Å². The Balaban J connectivity index is 1.74. The van der Waals surface area contributed by atoms with E-state index in [1.165, 1.54) is 28.1 Å². The van der Waals surface area contributed by atoms with Gasteiger partial charge in [0.15, 0.2) is 0 Å².